The van der Waals surface area contributed by atoms with Gasteiger partial charge in [-0.1, -0.05) is 18.7 Å². The number of carbonyl (C=O) groups excluding carboxylic acids is 2. The first-order valence-electron chi connectivity index (χ1n) is 15.8. The van der Waals surface area contributed by atoms with Crippen molar-refractivity contribution in [3.63, 3.8) is 0 Å². The standard InChI is InChI=1S/C26H27N5O.C9H14N2O/c27-25-21(5-3-12-28-25)26-29-22-10-9-18(17-7-8-17)14-24(22)31(26)23-6-2-1-4-20(23)19-11-13-30(15-19)16-32;1-3-8(12)11-6-9(7-11)4-10(2)5-9/h2-3,5-6,9-10,12,14,16-17,19H,1,4,7-8,11,13,15H2,(H2,27,28);3H,1,4-7H2,2H3/t19-;/m1./s1. The molecule has 3 saturated heterocycles. The van der Waals surface area contributed by atoms with Gasteiger partial charge in [-0.15, -0.1) is 0 Å². The number of fused-ring (bicyclic) bond motifs is 1. The molecule has 9 heteroatoms. The fourth-order valence-electron chi connectivity index (χ4n) is 7.61. The number of hydrogen-bond donors (Lipinski definition) is 1. The van der Waals surface area contributed by atoms with Crippen molar-refractivity contribution in [3.05, 3.63) is 72.5 Å². The van der Waals surface area contributed by atoms with Crippen LogP contribution in [-0.2, 0) is 9.59 Å². The van der Waals surface area contributed by atoms with E-state index in [0.29, 0.717) is 23.1 Å². The lowest BCUT2D eigenvalue weighted by molar-refractivity contribution is -0.151. The summed E-state index contributed by atoms with van der Waals surface area (Å²) in [4.78, 5) is 37.9. The Balaban J connectivity index is 0.000000218. The van der Waals surface area contributed by atoms with E-state index in [1.807, 2.05) is 21.9 Å². The van der Waals surface area contributed by atoms with Crippen LogP contribution in [-0.4, -0.2) is 87.9 Å². The van der Waals surface area contributed by atoms with Gasteiger partial charge in [0.25, 0.3) is 0 Å². The number of amides is 2. The Morgan fingerprint density at radius 2 is 1.93 bits per heavy atom. The zero-order valence-corrected chi connectivity index (χ0v) is 25.5. The zero-order valence-electron chi connectivity index (χ0n) is 25.5. The molecule has 1 atom stereocenters. The third-order valence-corrected chi connectivity index (χ3v) is 9.84. The molecule has 2 aromatic heterocycles. The summed E-state index contributed by atoms with van der Waals surface area (Å²) in [6.45, 7) is 9.25. The van der Waals surface area contributed by atoms with Crippen molar-refractivity contribution in [2.45, 2.75) is 38.0 Å². The SMILES string of the molecule is C=CC(=O)N1CC2(CN(C)C2)C1.Nc1ncccc1-c1nc2ccc(C3CC3)cc2n1C1=C([C@@H]2CCN(C=O)C2)CCC=C1. The summed E-state index contributed by atoms with van der Waals surface area (Å²) < 4.78 is 2.29. The van der Waals surface area contributed by atoms with Crippen molar-refractivity contribution in [3.8, 4) is 11.4 Å². The average Bonchev–Trinajstić information content (AvgIpc) is 3.63. The van der Waals surface area contributed by atoms with Crippen molar-refractivity contribution >= 4 is 34.9 Å². The van der Waals surface area contributed by atoms with Gasteiger partial charge in [0, 0.05) is 62.5 Å². The minimum atomic E-state index is 0.0789. The van der Waals surface area contributed by atoms with E-state index in [4.69, 9.17) is 10.7 Å². The van der Waals surface area contributed by atoms with Gasteiger partial charge in [0.1, 0.15) is 11.6 Å². The Bertz CT molecular complexity index is 1670. The van der Waals surface area contributed by atoms with Gasteiger partial charge in [0.05, 0.1) is 16.6 Å². The molecule has 9 nitrogen and oxygen atoms in total. The van der Waals surface area contributed by atoms with Gasteiger partial charge < -0.3 is 20.4 Å². The third kappa shape index (κ3) is 5.23. The quantitative estimate of drug-likeness (QED) is 0.334. The number of nitrogen functional groups attached to an aromatic ring is 1. The number of nitrogens with zero attached hydrogens (tertiary/aromatic N) is 6. The summed E-state index contributed by atoms with van der Waals surface area (Å²) in [5.41, 5.74) is 13.7. The highest BCUT2D eigenvalue weighted by Gasteiger charge is 2.51. The summed E-state index contributed by atoms with van der Waals surface area (Å²) in [7, 11) is 2.11. The number of allylic oxidation sites excluding steroid dienone is 3. The van der Waals surface area contributed by atoms with Crippen LogP contribution >= 0.6 is 0 Å². The number of nitrogens with two attached hydrogens (primary N) is 1. The van der Waals surface area contributed by atoms with Crippen LogP contribution in [0.15, 0.2) is 66.9 Å². The van der Waals surface area contributed by atoms with Crippen LogP contribution in [0.25, 0.3) is 28.1 Å². The van der Waals surface area contributed by atoms with Gasteiger partial charge in [-0.25, -0.2) is 9.97 Å². The van der Waals surface area contributed by atoms with Gasteiger partial charge in [0.2, 0.25) is 12.3 Å². The maximum atomic E-state index is 11.4. The topological polar surface area (TPSA) is 101 Å². The first kappa shape index (κ1) is 28.5. The minimum absolute atomic E-state index is 0.0789. The van der Waals surface area contributed by atoms with Crippen LogP contribution in [0, 0.1) is 11.3 Å². The molecule has 8 rings (SSSR count). The molecule has 0 radical (unpaired) electrons. The smallest absolute Gasteiger partial charge is 0.245 e. The summed E-state index contributed by atoms with van der Waals surface area (Å²) in [5, 5.41) is 0. The molecule has 1 saturated carbocycles. The Kier molecular flexibility index (Phi) is 7.36. The monoisotopic (exact) mass is 591 g/mol. The molecule has 5 heterocycles. The third-order valence-electron chi connectivity index (χ3n) is 9.84. The first-order chi connectivity index (χ1) is 21.4. The lowest BCUT2D eigenvalue weighted by Crippen LogP contribution is -2.71. The van der Waals surface area contributed by atoms with E-state index in [-0.39, 0.29) is 5.91 Å². The summed E-state index contributed by atoms with van der Waals surface area (Å²) in [5.74, 6) is 2.45. The van der Waals surface area contributed by atoms with Crippen molar-refractivity contribution in [1.82, 2.24) is 29.2 Å². The van der Waals surface area contributed by atoms with E-state index >= 15 is 0 Å². The molecule has 2 N–H and O–H groups in total. The van der Waals surface area contributed by atoms with E-state index in [2.05, 4.69) is 58.4 Å². The maximum absolute atomic E-state index is 11.4. The van der Waals surface area contributed by atoms with Crippen LogP contribution in [0.2, 0.25) is 0 Å². The van der Waals surface area contributed by atoms with Crippen molar-refractivity contribution in [1.29, 1.82) is 0 Å². The number of hydrogen-bond acceptors (Lipinski definition) is 6. The second-order valence-corrected chi connectivity index (χ2v) is 13.2. The number of benzene rings is 1. The van der Waals surface area contributed by atoms with Crippen LogP contribution in [0.4, 0.5) is 5.82 Å². The molecule has 0 unspecified atom stereocenters. The van der Waals surface area contributed by atoms with Gasteiger partial charge in [-0.3, -0.25) is 14.2 Å². The molecule has 1 aromatic carbocycles. The van der Waals surface area contributed by atoms with Crippen LogP contribution in [0.1, 0.15) is 43.6 Å². The molecular weight excluding hydrogens is 550 g/mol. The summed E-state index contributed by atoms with van der Waals surface area (Å²) >= 11 is 0. The molecule has 44 heavy (non-hydrogen) atoms. The lowest BCUT2D eigenvalue weighted by Gasteiger charge is -2.59. The largest absolute Gasteiger partial charge is 0.383 e. The van der Waals surface area contributed by atoms with Crippen LogP contribution in [0.5, 0.6) is 0 Å². The highest BCUT2D eigenvalue weighted by atomic mass is 16.2. The molecule has 1 spiro atoms. The first-order valence-corrected chi connectivity index (χ1v) is 15.8. The van der Waals surface area contributed by atoms with Gasteiger partial charge in [-0.2, -0.15) is 0 Å². The second-order valence-electron chi connectivity index (χ2n) is 13.2. The fraction of sp³-hybridized carbons (Fsp3) is 0.429. The van der Waals surface area contributed by atoms with Gasteiger partial charge in [0.15, 0.2) is 0 Å². The molecule has 2 amide bonds. The maximum Gasteiger partial charge on any atom is 0.245 e. The number of likely N-dealkylation sites (tertiary alicyclic amines) is 3. The Labute approximate surface area is 258 Å². The van der Waals surface area contributed by atoms with Crippen molar-refractivity contribution < 1.29 is 9.59 Å². The summed E-state index contributed by atoms with van der Waals surface area (Å²) in [6, 6.07) is 10.6. The lowest BCUT2D eigenvalue weighted by atomic mass is 9.73. The number of aromatic nitrogens is 3. The van der Waals surface area contributed by atoms with E-state index in [0.717, 1.165) is 87.4 Å². The number of carbonyl (C=O) groups is 2. The molecule has 0 bridgehead atoms. The average molecular weight is 592 g/mol. The fourth-order valence-corrected chi connectivity index (χ4v) is 7.61. The number of pyridine rings is 1. The molecule has 3 aliphatic heterocycles. The van der Waals surface area contributed by atoms with Crippen LogP contribution in [0.3, 0.4) is 0 Å². The zero-order chi connectivity index (χ0) is 30.4. The van der Waals surface area contributed by atoms with E-state index < -0.39 is 0 Å². The molecule has 5 aliphatic rings. The summed E-state index contributed by atoms with van der Waals surface area (Å²) in [6.07, 6.45) is 14.2. The highest BCUT2D eigenvalue weighted by Crippen LogP contribution is 2.43. The van der Waals surface area contributed by atoms with E-state index in [1.54, 1.807) is 6.20 Å². The number of imidazole rings is 1. The molecule has 4 fully saturated rings. The van der Waals surface area contributed by atoms with Crippen molar-refractivity contribution in [2.75, 3.05) is 52.0 Å². The molecular formula is C35H41N7O2. The van der Waals surface area contributed by atoms with Crippen LogP contribution < -0.4 is 5.73 Å². The predicted octanol–water partition coefficient (Wildman–Crippen LogP) is 4.54. The Hall–Kier alpha value is -4.24. The number of rotatable bonds is 6. The van der Waals surface area contributed by atoms with Gasteiger partial charge >= 0.3 is 0 Å². The highest BCUT2D eigenvalue weighted by molar-refractivity contribution is 5.90. The number of anilines is 1. The molecule has 228 valence electrons. The normalized spacial score (nSPS) is 22.4. The van der Waals surface area contributed by atoms with Crippen molar-refractivity contribution in [2.24, 2.45) is 11.3 Å². The van der Waals surface area contributed by atoms with Gasteiger partial charge in [-0.05, 0) is 92.6 Å². The predicted molar refractivity (Wildman–Crippen MR) is 173 cm³/mol. The Morgan fingerprint density at radius 3 is 2.61 bits per heavy atom. The van der Waals surface area contributed by atoms with E-state index in [9.17, 15) is 9.59 Å². The second kappa shape index (κ2) is 11.4. The Morgan fingerprint density at radius 1 is 1.11 bits per heavy atom. The van der Waals surface area contributed by atoms with E-state index in [1.165, 1.54) is 35.8 Å². The molecule has 2 aliphatic carbocycles. The molecule has 3 aromatic rings. The minimum Gasteiger partial charge on any atom is -0.383 e.